The summed E-state index contributed by atoms with van der Waals surface area (Å²) in [5, 5.41) is 0.319. The topological polar surface area (TPSA) is 18.5 Å². The van der Waals surface area contributed by atoms with Crippen LogP contribution in [0, 0.1) is 18.3 Å². The Bertz CT molecular complexity index is 476. The normalized spacial score (nSPS) is 17.5. The molecule has 0 aromatic heterocycles. The van der Waals surface area contributed by atoms with E-state index in [-0.39, 0.29) is 28.2 Å². The molecule has 0 amide bonds. The predicted molar refractivity (Wildman–Crippen MR) is 117 cm³/mol. The van der Waals surface area contributed by atoms with E-state index in [2.05, 4.69) is 87.2 Å². The maximum Gasteiger partial charge on any atom is 0.192 e. The highest BCUT2D eigenvalue weighted by Crippen LogP contribution is 2.41. The maximum absolute atomic E-state index is 6.67. The van der Waals surface area contributed by atoms with Gasteiger partial charge in [0.2, 0.25) is 0 Å². The molecule has 0 fully saturated rings. The molecule has 0 spiro atoms. The number of rotatable bonds is 8. The van der Waals surface area contributed by atoms with Crippen LogP contribution in [0.25, 0.3) is 0 Å². The van der Waals surface area contributed by atoms with Gasteiger partial charge >= 0.3 is 0 Å². The first-order chi connectivity index (χ1) is 11.0. The van der Waals surface area contributed by atoms with Crippen molar-refractivity contribution in [3.63, 3.8) is 0 Å². The van der Waals surface area contributed by atoms with Crippen molar-refractivity contribution in [3.8, 4) is 12.3 Å². The van der Waals surface area contributed by atoms with Gasteiger partial charge in [0.25, 0.3) is 0 Å². The summed E-state index contributed by atoms with van der Waals surface area (Å²) in [6, 6.07) is 0. The molecule has 4 heteroatoms. The second-order valence-electron chi connectivity index (χ2n) is 10.3. The maximum atomic E-state index is 6.67. The molecule has 0 radical (unpaired) electrons. The van der Waals surface area contributed by atoms with Crippen molar-refractivity contribution in [2.45, 2.75) is 103 Å². The number of hydrogen-bond acceptors (Lipinski definition) is 2. The van der Waals surface area contributed by atoms with Crippen molar-refractivity contribution in [1.82, 2.24) is 0 Å². The van der Waals surface area contributed by atoms with Crippen molar-refractivity contribution in [3.05, 3.63) is 12.7 Å². The molecule has 0 aliphatic rings. The predicted octanol–water partition coefficient (Wildman–Crippen LogP) is 6.61. The molecule has 0 aromatic carbocycles. The summed E-state index contributed by atoms with van der Waals surface area (Å²) in [6.07, 6.45) is 8.17. The smallest absolute Gasteiger partial charge is 0.192 e. The van der Waals surface area contributed by atoms with Crippen molar-refractivity contribution in [2.75, 3.05) is 0 Å². The highest BCUT2D eigenvalue weighted by molar-refractivity contribution is 6.74. The van der Waals surface area contributed by atoms with Crippen LogP contribution in [0.15, 0.2) is 12.7 Å². The fraction of sp³-hybridized carbons (Fsp3) is 0.810. The van der Waals surface area contributed by atoms with Gasteiger partial charge in [0.15, 0.2) is 16.6 Å². The molecule has 146 valence electrons. The minimum Gasteiger partial charge on any atom is -0.413 e. The lowest BCUT2D eigenvalue weighted by atomic mass is 9.96. The van der Waals surface area contributed by atoms with Crippen molar-refractivity contribution >= 4 is 16.6 Å². The number of hydrogen-bond donors (Lipinski definition) is 0. The quantitative estimate of drug-likeness (QED) is 0.267. The van der Waals surface area contributed by atoms with Crippen molar-refractivity contribution in [1.29, 1.82) is 0 Å². The van der Waals surface area contributed by atoms with Gasteiger partial charge in [0.05, 0.1) is 12.2 Å². The van der Waals surface area contributed by atoms with E-state index in [0.29, 0.717) is 6.42 Å². The van der Waals surface area contributed by atoms with E-state index in [9.17, 15) is 0 Å². The molecule has 0 aliphatic carbocycles. The summed E-state index contributed by atoms with van der Waals surface area (Å²) in [5.74, 6) is 2.99. The SMILES string of the molecule is C#CC[C@@H](O[Si](C)(C)C(C)(C)C)[C@@H](C)[C@H](C=C)O[Si](C)(C)C(C)(C)C. The van der Waals surface area contributed by atoms with Gasteiger partial charge in [-0.3, -0.25) is 0 Å². The first-order valence-electron chi connectivity index (χ1n) is 9.42. The minimum absolute atomic E-state index is 0.00124. The van der Waals surface area contributed by atoms with E-state index in [1.165, 1.54) is 0 Å². The van der Waals surface area contributed by atoms with E-state index >= 15 is 0 Å². The third-order valence-corrected chi connectivity index (χ3v) is 15.1. The van der Waals surface area contributed by atoms with Crippen LogP contribution in [0.1, 0.15) is 54.9 Å². The van der Waals surface area contributed by atoms with Crippen LogP contribution in [0.5, 0.6) is 0 Å². The first kappa shape index (κ1) is 24.7. The van der Waals surface area contributed by atoms with Crippen LogP contribution in [0.2, 0.25) is 36.3 Å². The molecule has 0 aromatic rings. The average molecular weight is 383 g/mol. The molecule has 0 aliphatic heterocycles. The van der Waals surface area contributed by atoms with Gasteiger partial charge in [-0.2, -0.15) is 0 Å². The van der Waals surface area contributed by atoms with Gasteiger partial charge in [-0.1, -0.05) is 54.5 Å². The molecule has 0 unspecified atom stereocenters. The summed E-state index contributed by atoms with van der Waals surface area (Å²) >= 11 is 0. The standard InChI is InChI=1S/C21H42O2Si2/c1-14-16-19(23-25(12,13)21(7,8)9)17(3)18(15-2)22-24(10,11)20(4,5)6/h1,15,17-19H,2,16H2,3-13H3/t17-,18-,19+/m0/s1. The van der Waals surface area contributed by atoms with Crippen molar-refractivity contribution < 1.29 is 8.85 Å². The molecule has 25 heavy (non-hydrogen) atoms. The molecule has 0 rings (SSSR count). The fourth-order valence-electron chi connectivity index (χ4n) is 2.10. The summed E-state index contributed by atoms with van der Waals surface area (Å²) in [5.41, 5.74) is 0. The second-order valence-corrected chi connectivity index (χ2v) is 19.8. The zero-order valence-corrected chi connectivity index (χ0v) is 20.6. The summed E-state index contributed by atoms with van der Waals surface area (Å²) in [6.45, 7) is 28.9. The molecule has 0 saturated heterocycles. The van der Waals surface area contributed by atoms with E-state index in [1.807, 2.05) is 6.08 Å². The highest BCUT2D eigenvalue weighted by Gasteiger charge is 2.43. The number of terminal acetylenes is 1. The second kappa shape index (κ2) is 8.56. The summed E-state index contributed by atoms with van der Waals surface area (Å²) in [4.78, 5) is 0. The van der Waals surface area contributed by atoms with E-state index in [4.69, 9.17) is 15.3 Å². The Morgan fingerprint density at radius 3 is 1.68 bits per heavy atom. The largest absolute Gasteiger partial charge is 0.413 e. The van der Waals surface area contributed by atoms with E-state index in [1.54, 1.807) is 0 Å². The molecular formula is C21H42O2Si2. The molecular weight excluding hydrogens is 340 g/mol. The third-order valence-electron chi connectivity index (χ3n) is 6.15. The summed E-state index contributed by atoms with van der Waals surface area (Å²) < 4.78 is 13.3. The van der Waals surface area contributed by atoms with Gasteiger partial charge < -0.3 is 8.85 Å². The Hall–Kier alpha value is -0.346. The molecule has 0 N–H and O–H groups in total. The van der Waals surface area contributed by atoms with Gasteiger partial charge in [0, 0.05) is 12.3 Å². The van der Waals surface area contributed by atoms with Gasteiger partial charge in [-0.25, -0.2) is 0 Å². The Balaban J connectivity index is 5.47. The van der Waals surface area contributed by atoms with E-state index in [0.717, 1.165) is 0 Å². The van der Waals surface area contributed by atoms with Gasteiger partial charge in [0.1, 0.15) is 0 Å². The zero-order chi connectivity index (χ0) is 20.3. The minimum atomic E-state index is -1.90. The zero-order valence-electron chi connectivity index (χ0n) is 18.6. The van der Waals surface area contributed by atoms with Crippen LogP contribution in [-0.2, 0) is 8.85 Å². The van der Waals surface area contributed by atoms with Crippen LogP contribution in [-0.4, -0.2) is 28.8 Å². The molecule has 0 saturated carbocycles. The fourth-order valence-corrected chi connectivity index (χ4v) is 4.86. The van der Waals surface area contributed by atoms with Crippen LogP contribution in [0.4, 0.5) is 0 Å². The monoisotopic (exact) mass is 382 g/mol. The Morgan fingerprint density at radius 2 is 1.36 bits per heavy atom. The lowest BCUT2D eigenvalue weighted by Crippen LogP contribution is -2.50. The Morgan fingerprint density at radius 1 is 0.960 bits per heavy atom. The Kier molecular flexibility index (Phi) is 8.44. The average Bonchev–Trinajstić information content (AvgIpc) is 2.40. The van der Waals surface area contributed by atoms with Crippen LogP contribution < -0.4 is 0 Å². The van der Waals surface area contributed by atoms with Crippen LogP contribution in [0.3, 0.4) is 0 Å². The third kappa shape index (κ3) is 6.71. The molecule has 0 heterocycles. The van der Waals surface area contributed by atoms with Gasteiger partial charge in [-0.05, 0) is 36.3 Å². The van der Waals surface area contributed by atoms with E-state index < -0.39 is 16.6 Å². The molecule has 0 bridgehead atoms. The summed E-state index contributed by atoms with van der Waals surface area (Å²) in [7, 11) is -3.78. The van der Waals surface area contributed by atoms with Gasteiger partial charge in [-0.15, -0.1) is 18.9 Å². The lowest BCUT2D eigenvalue weighted by molar-refractivity contribution is 0.0604. The lowest BCUT2D eigenvalue weighted by Gasteiger charge is -2.44. The van der Waals surface area contributed by atoms with Crippen molar-refractivity contribution in [2.24, 2.45) is 5.92 Å². The first-order valence-corrected chi connectivity index (χ1v) is 15.2. The Labute approximate surface area is 160 Å². The molecule has 2 nitrogen and oxygen atoms in total. The van der Waals surface area contributed by atoms with Crippen LogP contribution >= 0.6 is 0 Å². The molecule has 3 atom stereocenters. The highest BCUT2D eigenvalue weighted by atomic mass is 28.4.